The highest BCUT2D eigenvalue weighted by Gasteiger charge is 2.17. The summed E-state index contributed by atoms with van der Waals surface area (Å²) in [4.78, 5) is 10.7. The van der Waals surface area contributed by atoms with Crippen LogP contribution >= 0.6 is 0 Å². The fourth-order valence-electron chi connectivity index (χ4n) is 1.40. The van der Waals surface area contributed by atoms with Crippen molar-refractivity contribution >= 4 is 6.16 Å². The van der Waals surface area contributed by atoms with Gasteiger partial charge in [-0.15, -0.1) is 0 Å². The first-order chi connectivity index (χ1) is 5.83. The largest absolute Gasteiger partial charge is 0.510 e. The van der Waals surface area contributed by atoms with E-state index in [2.05, 4.69) is 4.74 Å². The molecule has 1 saturated carbocycles. The van der Waals surface area contributed by atoms with E-state index in [1.54, 1.807) is 0 Å². The van der Waals surface area contributed by atoms with Gasteiger partial charge in [-0.1, -0.05) is 6.42 Å². The minimum Gasteiger partial charge on any atom is -0.431 e. The van der Waals surface area contributed by atoms with Crippen molar-refractivity contribution in [2.24, 2.45) is 0 Å². The maximum absolute atomic E-state index is 10.7. The summed E-state index contributed by atoms with van der Waals surface area (Å²) >= 11 is 0. The maximum Gasteiger partial charge on any atom is 0.510 e. The monoisotopic (exact) mass is 173 g/mol. The van der Waals surface area contributed by atoms with Gasteiger partial charge in [0.05, 0.1) is 0 Å². The molecule has 0 spiro atoms. The quantitative estimate of drug-likeness (QED) is 0.473. The van der Waals surface area contributed by atoms with Gasteiger partial charge in [-0.05, 0) is 25.7 Å². The van der Waals surface area contributed by atoms with Crippen LogP contribution in [0, 0.1) is 0 Å². The Morgan fingerprint density at radius 1 is 1.25 bits per heavy atom. The maximum atomic E-state index is 10.7. The highest BCUT2D eigenvalue weighted by molar-refractivity contribution is 5.59. The van der Waals surface area contributed by atoms with Gasteiger partial charge in [-0.25, -0.2) is 4.79 Å². The molecule has 0 aromatic carbocycles. The van der Waals surface area contributed by atoms with Crippen molar-refractivity contribution in [2.75, 3.05) is 6.79 Å². The van der Waals surface area contributed by atoms with Gasteiger partial charge >= 0.3 is 6.16 Å². The first-order valence-electron chi connectivity index (χ1n) is 4.24. The summed E-state index contributed by atoms with van der Waals surface area (Å²) in [6, 6.07) is 0. The third kappa shape index (κ3) is 3.09. The first kappa shape index (κ1) is 9.32. The molecule has 69 valence electrons. The zero-order chi connectivity index (χ0) is 8.81. The Bertz CT molecular complexity index is 140. The highest BCUT2D eigenvalue weighted by Crippen LogP contribution is 2.20. The molecular weight excluding hydrogens is 160 g/mol. The lowest BCUT2D eigenvalue weighted by atomic mass is 9.98. The first-order valence-corrected chi connectivity index (χ1v) is 4.24. The van der Waals surface area contributed by atoms with Crippen LogP contribution < -0.4 is 0 Å². The second kappa shape index (κ2) is 4.98. The summed E-state index contributed by atoms with van der Waals surface area (Å²) in [5.74, 6) is 0. The van der Waals surface area contributed by atoms with Crippen LogP contribution in [0.2, 0.25) is 0 Å². The minimum atomic E-state index is -0.856. The molecular formula is C8H13O4. The number of carbonyl (C=O) groups excluding carboxylic acids is 1. The molecule has 4 nitrogen and oxygen atoms in total. The Hall–Kier alpha value is -0.770. The van der Waals surface area contributed by atoms with Gasteiger partial charge in [0.25, 0.3) is 0 Å². The van der Waals surface area contributed by atoms with Crippen LogP contribution in [-0.2, 0) is 14.6 Å². The van der Waals surface area contributed by atoms with E-state index in [4.69, 9.17) is 4.74 Å². The Labute approximate surface area is 71.5 Å². The Morgan fingerprint density at radius 2 is 1.92 bits per heavy atom. The predicted octanol–water partition coefficient (Wildman–Crippen LogP) is 1.86. The highest BCUT2D eigenvalue weighted by atomic mass is 16.8. The van der Waals surface area contributed by atoms with Crippen LogP contribution in [0.4, 0.5) is 4.79 Å². The predicted molar refractivity (Wildman–Crippen MR) is 40.0 cm³/mol. The van der Waals surface area contributed by atoms with Gasteiger partial charge in [0.15, 0.2) is 0 Å². The average Bonchev–Trinajstić information content (AvgIpc) is 2.06. The van der Waals surface area contributed by atoms with E-state index < -0.39 is 12.9 Å². The Balaban J connectivity index is 2.15. The molecule has 0 aromatic heterocycles. The molecule has 12 heavy (non-hydrogen) atoms. The van der Waals surface area contributed by atoms with Gasteiger partial charge in [0, 0.05) is 0 Å². The molecule has 0 heterocycles. The number of hydrogen-bond donors (Lipinski definition) is 0. The van der Waals surface area contributed by atoms with Crippen LogP contribution in [-0.4, -0.2) is 19.1 Å². The van der Waals surface area contributed by atoms with Crippen molar-refractivity contribution in [1.29, 1.82) is 0 Å². The molecule has 1 fully saturated rings. The zero-order valence-corrected chi connectivity index (χ0v) is 6.95. The number of ether oxygens (including phenoxy) is 2. The number of carbonyl (C=O) groups is 1. The van der Waals surface area contributed by atoms with Gasteiger partial charge in [0.1, 0.15) is 6.10 Å². The summed E-state index contributed by atoms with van der Waals surface area (Å²) in [5.41, 5.74) is 0. The molecule has 0 unspecified atom stereocenters. The molecule has 0 saturated heterocycles. The zero-order valence-electron chi connectivity index (χ0n) is 6.95. The third-order valence-corrected chi connectivity index (χ3v) is 1.99. The van der Waals surface area contributed by atoms with Gasteiger partial charge < -0.3 is 9.47 Å². The third-order valence-electron chi connectivity index (χ3n) is 1.99. The smallest absolute Gasteiger partial charge is 0.431 e. The molecule has 1 aliphatic carbocycles. The van der Waals surface area contributed by atoms with E-state index in [1.165, 1.54) is 6.42 Å². The fourth-order valence-corrected chi connectivity index (χ4v) is 1.40. The SMILES string of the molecule is [O]COC(=O)OC1CCCCC1. The second-order valence-electron chi connectivity index (χ2n) is 2.89. The van der Waals surface area contributed by atoms with E-state index in [-0.39, 0.29) is 6.10 Å². The van der Waals surface area contributed by atoms with E-state index in [0.29, 0.717) is 0 Å². The summed E-state index contributed by atoms with van der Waals surface area (Å²) in [6.07, 6.45) is 4.33. The molecule has 0 aliphatic heterocycles. The van der Waals surface area contributed by atoms with Crippen molar-refractivity contribution in [2.45, 2.75) is 38.2 Å². The van der Waals surface area contributed by atoms with Crippen molar-refractivity contribution in [3.63, 3.8) is 0 Å². The molecule has 0 atom stereocenters. The van der Waals surface area contributed by atoms with Crippen LogP contribution in [0.1, 0.15) is 32.1 Å². The van der Waals surface area contributed by atoms with Crippen molar-refractivity contribution < 1.29 is 19.4 Å². The van der Waals surface area contributed by atoms with Gasteiger partial charge in [0.2, 0.25) is 6.79 Å². The summed E-state index contributed by atoms with van der Waals surface area (Å²) < 4.78 is 9.00. The number of rotatable bonds is 2. The molecule has 1 radical (unpaired) electrons. The Morgan fingerprint density at radius 3 is 2.50 bits per heavy atom. The lowest BCUT2D eigenvalue weighted by molar-refractivity contribution is -0.0528. The topological polar surface area (TPSA) is 55.4 Å². The van der Waals surface area contributed by atoms with Gasteiger partial charge in [-0.2, -0.15) is 5.11 Å². The standard InChI is InChI=1S/C8H13O4/c9-6-11-8(10)12-7-4-2-1-3-5-7/h7H,1-6H2. The van der Waals surface area contributed by atoms with E-state index in [0.717, 1.165) is 25.7 Å². The molecule has 0 aromatic rings. The molecule has 0 amide bonds. The average molecular weight is 173 g/mol. The van der Waals surface area contributed by atoms with Gasteiger partial charge in [-0.3, -0.25) is 0 Å². The van der Waals surface area contributed by atoms with Crippen molar-refractivity contribution in [3.05, 3.63) is 0 Å². The molecule has 1 aliphatic rings. The lowest BCUT2D eigenvalue weighted by Gasteiger charge is -2.20. The molecule has 0 bridgehead atoms. The number of hydrogen-bond acceptors (Lipinski definition) is 3. The van der Waals surface area contributed by atoms with Crippen LogP contribution in [0.15, 0.2) is 0 Å². The van der Waals surface area contributed by atoms with Crippen molar-refractivity contribution in [3.8, 4) is 0 Å². The molecule has 1 rings (SSSR count). The van der Waals surface area contributed by atoms with E-state index in [1.807, 2.05) is 0 Å². The van der Waals surface area contributed by atoms with Crippen LogP contribution in [0.5, 0.6) is 0 Å². The summed E-state index contributed by atoms with van der Waals surface area (Å²) in [7, 11) is 0. The summed E-state index contributed by atoms with van der Waals surface area (Å²) in [6.45, 7) is -0.856. The summed E-state index contributed by atoms with van der Waals surface area (Å²) in [5, 5.41) is 9.86. The lowest BCUT2D eigenvalue weighted by Crippen LogP contribution is -2.21. The normalized spacial score (nSPS) is 18.8. The van der Waals surface area contributed by atoms with Crippen LogP contribution in [0.3, 0.4) is 0 Å². The molecule has 0 N–H and O–H groups in total. The molecule has 4 heteroatoms. The minimum absolute atomic E-state index is 0.0298. The van der Waals surface area contributed by atoms with E-state index >= 15 is 0 Å². The fraction of sp³-hybridized carbons (Fsp3) is 0.875. The second-order valence-corrected chi connectivity index (χ2v) is 2.89. The van der Waals surface area contributed by atoms with Crippen LogP contribution in [0.25, 0.3) is 0 Å². The van der Waals surface area contributed by atoms with E-state index in [9.17, 15) is 9.90 Å². The Kier molecular flexibility index (Phi) is 3.87. The van der Waals surface area contributed by atoms with Crippen molar-refractivity contribution in [1.82, 2.24) is 0 Å².